The van der Waals surface area contributed by atoms with Crippen molar-refractivity contribution < 1.29 is 21.6 Å². The molecule has 1 fully saturated rings. The van der Waals surface area contributed by atoms with E-state index in [4.69, 9.17) is 4.74 Å². The van der Waals surface area contributed by atoms with E-state index in [1.165, 1.54) is 25.3 Å². The summed E-state index contributed by atoms with van der Waals surface area (Å²) in [5, 5.41) is 3.28. The van der Waals surface area contributed by atoms with Crippen molar-refractivity contribution in [1.29, 1.82) is 0 Å². The molecule has 1 aliphatic heterocycles. The molecule has 3 N–H and O–H groups in total. The summed E-state index contributed by atoms with van der Waals surface area (Å²) in [5.74, 6) is 0.540. The molecule has 0 radical (unpaired) electrons. The quantitative estimate of drug-likeness (QED) is 0.392. The zero-order chi connectivity index (χ0) is 25.1. The van der Waals surface area contributed by atoms with Gasteiger partial charge in [-0.25, -0.2) is 16.8 Å². The van der Waals surface area contributed by atoms with Gasteiger partial charge in [0.15, 0.2) is 0 Å². The Morgan fingerprint density at radius 2 is 1.50 bits per heavy atom. The highest BCUT2D eigenvalue weighted by atomic mass is 35.5. The van der Waals surface area contributed by atoms with Crippen molar-refractivity contribution >= 4 is 49.5 Å². The maximum atomic E-state index is 13.2. The van der Waals surface area contributed by atoms with Crippen LogP contribution in [-0.4, -0.2) is 50.1 Å². The molecule has 3 aromatic carbocycles. The van der Waals surface area contributed by atoms with E-state index in [-0.39, 0.29) is 33.6 Å². The van der Waals surface area contributed by atoms with E-state index in [0.717, 1.165) is 31.9 Å². The van der Waals surface area contributed by atoms with E-state index in [2.05, 4.69) is 19.7 Å². The average molecular weight is 553 g/mol. The van der Waals surface area contributed by atoms with Crippen molar-refractivity contribution in [3.8, 4) is 5.75 Å². The molecule has 1 heterocycles. The highest BCUT2D eigenvalue weighted by Gasteiger charge is 2.23. The van der Waals surface area contributed by atoms with Crippen LogP contribution in [0.25, 0.3) is 0 Å². The van der Waals surface area contributed by atoms with Crippen LogP contribution in [0.3, 0.4) is 0 Å². The smallest absolute Gasteiger partial charge is 0.262 e. The minimum Gasteiger partial charge on any atom is -0.497 e. The van der Waals surface area contributed by atoms with Crippen LogP contribution in [0, 0.1) is 6.92 Å². The van der Waals surface area contributed by atoms with Crippen molar-refractivity contribution in [2.45, 2.75) is 16.7 Å². The van der Waals surface area contributed by atoms with Crippen LogP contribution in [0.4, 0.5) is 17.1 Å². The molecule has 3 aromatic rings. The first kappa shape index (κ1) is 27.6. The third-order valence-corrected chi connectivity index (χ3v) is 8.61. The Morgan fingerprint density at radius 3 is 2.14 bits per heavy atom. The van der Waals surface area contributed by atoms with Gasteiger partial charge < -0.3 is 15.0 Å². The van der Waals surface area contributed by atoms with Gasteiger partial charge in [0.25, 0.3) is 20.0 Å². The van der Waals surface area contributed by atoms with Crippen molar-refractivity contribution in [3.63, 3.8) is 0 Å². The molecule has 0 aliphatic carbocycles. The summed E-state index contributed by atoms with van der Waals surface area (Å²) in [4.78, 5) is 2.26. The first-order chi connectivity index (χ1) is 16.7. The largest absolute Gasteiger partial charge is 0.497 e. The van der Waals surface area contributed by atoms with E-state index in [1.54, 1.807) is 55.5 Å². The van der Waals surface area contributed by atoms with Crippen LogP contribution in [0.15, 0.2) is 76.5 Å². The van der Waals surface area contributed by atoms with Gasteiger partial charge in [-0.3, -0.25) is 9.44 Å². The molecule has 1 aliphatic rings. The van der Waals surface area contributed by atoms with Gasteiger partial charge in [0.2, 0.25) is 0 Å². The van der Waals surface area contributed by atoms with Gasteiger partial charge >= 0.3 is 0 Å². The summed E-state index contributed by atoms with van der Waals surface area (Å²) in [5.41, 5.74) is 1.56. The van der Waals surface area contributed by atoms with E-state index in [9.17, 15) is 16.8 Å². The molecule has 0 spiro atoms. The summed E-state index contributed by atoms with van der Waals surface area (Å²) in [6.45, 7) is 4.78. The molecule has 0 aromatic heterocycles. The zero-order valence-corrected chi connectivity index (χ0v) is 22.3. The molecule has 12 heteroatoms. The fourth-order valence-corrected chi connectivity index (χ4v) is 6.28. The Bertz CT molecular complexity index is 1410. The average Bonchev–Trinajstić information content (AvgIpc) is 2.85. The molecule has 194 valence electrons. The molecule has 9 nitrogen and oxygen atoms in total. The minimum atomic E-state index is -4.01. The summed E-state index contributed by atoms with van der Waals surface area (Å²) in [6, 6.07) is 17.6. The molecule has 0 unspecified atom stereocenters. The standard InChI is InChI=1S/C24H28N4O5S2.ClH/c1-18-16-20(33-2)9-11-24(18)35(31,32)26-22-10-8-19(28-14-12-25-13-15-28)17-23(22)27-34(29,30)21-6-4-3-5-7-21;/h3-11,16-17,25-27H,12-15H2,1-2H3;1H. The van der Waals surface area contributed by atoms with Crippen LogP contribution in [0.2, 0.25) is 0 Å². The van der Waals surface area contributed by atoms with Crippen LogP contribution in [0.1, 0.15) is 5.56 Å². The molecule has 0 bridgehead atoms. The van der Waals surface area contributed by atoms with Crippen LogP contribution in [-0.2, 0) is 20.0 Å². The molecule has 36 heavy (non-hydrogen) atoms. The molecule has 1 saturated heterocycles. The third-order valence-electron chi connectivity index (χ3n) is 5.70. The van der Waals surface area contributed by atoms with Crippen molar-refractivity contribution in [2.24, 2.45) is 0 Å². The first-order valence-electron chi connectivity index (χ1n) is 11.0. The normalized spacial score (nSPS) is 14.0. The third kappa shape index (κ3) is 6.22. The Morgan fingerprint density at radius 1 is 0.833 bits per heavy atom. The van der Waals surface area contributed by atoms with Gasteiger partial charge in [-0.1, -0.05) is 18.2 Å². The lowest BCUT2D eigenvalue weighted by Crippen LogP contribution is -2.43. The highest BCUT2D eigenvalue weighted by Crippen LogP contribution is 2.32. The van der Waals surface area contributed by atoms with Gasteiger partial charge in [-0.05, 0) is 61.0 Å². The predicted molar refractivity (Wildman–Crippen MR) is 145 cm³/mol. The lowest BCUT2D eigenvalue weighted by Gasteiger charge is -2.30. The second-order valence-corrected chi connectivity index (χ2v) is 11.5. The SMILES string of the molecule is COc1ccc(S(=O)(=O)Nc2ccc(N3CCNCC3)cc2NS(=O)(=O)c2ccccc2)c(C)c1.Cl. The van der Waals surface area contributed by atoms with E-state index in [1.807, 2.05) is 0 Å². The lowest BCUT2D eigenvalue weighted by molar-refractivity contribution is 0.414. The molecule has 4 rings (SSSR count). The lowest BCUT2D eigenvalue weighted by atomic mass is 10.2. The van der Waals surface area contributed by atoms with Crippen molar-refractivity contribution in [1.82, 2.24) is 5.32 Å². The number of benzene rings is 3. The topological polar surface area (TPSA) is 117 Å². The molecular weight excluding hydrogens is 524 g/mol. The van der Waals surface area contributed by atoms with E-state index in [0.29, 0.717) is 11.3 Å². The Kier molecular flexibility index (Phi) is 8.72. The molecule has 0 amide bonds. The number of methoxy groups -OCH3 is 1. The van der Waals surface area contributed by atoms with Crippen LogP contribution >= 0.6 is 12.4 Å². The zero-order valence-electron chi connectivity index (χ0n) is 19.9. The Labute approximate surface area is 218 Å². The number of hydrogen-bond acceptors (Lipinski definition) is 7. The van der Waals surface area contributed by atoms with E-state index < -0.39 is 20.0 Å². The van der Waals surface area contributed by atoms with Gasteiger partial charge in [0.05, 0.1) is 28.3 Å². The van der Waals surface area contributed by atoms with Gasteiger partial charge in [0, 0.05) is 31.9 Å². The second-order valence-electron chi connectivity index (χ2n) is 8.12. The maximum Gasteiger partial charge on any atom is 0.262 e. The number of sulfonamides is 2. The molecular formula is C24H29ClN4O5S2. The van der Waals surface area contributed by atoms with Crippen molar-refractivity contribution in [2.75, 3.05) is 47.6 Å². The summed E-state index contributed by atoms with van der Waals surface area (Å²) < 4.78 is 62.9. The minimum absolute atomic E-state index is 0. The number of hydrogen-bond donors (Lipinski definition) is 3. The number of nitrogens with zero attached hydrogens (tertiary/aromatic N) is 1. The second kappa shape index (κ2) is 11.4. The number of rotatable bonds is 8. The number of ether oxygens (including phenoxy) is 1. The summed E-state index contributed by atoms with van der Waals surface area (Å²) >= 11 is 0. The van der Waals surface area contributed by atoms with Gasteiger partial charge in [-0.2, -0.15) is 0 Å². The number of anilines is 3. The number of halogens is 1. The molecule has 0 saturated carbocycles. The molecule has 0 atom stereocenters. The Balaban J connectivity index is 0.00000361. The monoisotopic (exact) mass is 552 g/mol. The van der Waals surface area contributed by atoms with Gasteiger partial charge in [-0.15, -0.1) is 12.4 Å². The first-order valence-corrected chi connectivity index (χ1v) is 14.0. The fraction of sp³-hybridized carbons (Fsp3) is 0.250. The summed E-state index contributed by atoms with van der Waals surface area (Å²) in [7, 11) is -6.46. The Hall–Kier alpha value is -2.99. The van der Waals surface area contributed by atoms with Gasteiger partial charge in [0.1, 0.15) is 5.75 Å². The number of piperazine rings is 1. The van der Waals surface area contributed by atoms with Crippen LogP contribution < -0.4 is 24.4 Å². The maximum absolute atomic E-state index is 13.2. The fourth-order valence-electron chi connectivity index (χ4n) is 3.88. The van der Waals surface area contributed by atoms with Crippen molar-refractivity contribution in [3.05, 3.63) is 72.3 Å². The number of aryl methyl sites for hydroxylation is 1. The summed E-state index contributed by atoms with van der Waals surface area (Å²) in [6.07, 6.45) is 0. The van der Waals surface area contributed by atoms with Crippen LogP contribution in [0.5, 0.6) is 5.75 Å². The predicted octanol–water partition coefficient (Wildman–Crippen LogP) is 3.44. The number of nitrogens with one attached hydrogen (secondary N) is 3. The van der Waals surface area contributed by atoms with E-state index >= 15 is 0 Å². The highest BCUT2D eigenvalue weighted by molar-refractivity contribution is 7.93.